The van der Waals surface area contributed by atoms with E-state index >= 15 is 0 Å². The van der Waals surface area contributed by atoms with Crippen LogP contribution in [0.1, 0.15) is 29.0 Å². The molecule has 3 aromatic heterocycles. The number of nitrogens with one attached hydrogen (secondary N) is 3. The number of fused-ring (bicyclic) bond motifs is 1. The van der Waals surface area contributed by atoms with Gasteiger partial charge in [-0.3, -0.25) is 9.78 Å². The van der Waals surface area contributed by atoms with E-state index in [0.29, 0.717) is 42.4 Å². The van der Waals surface area contributed by atoms with E-state index in [1.54, 1.807) is 18.1 Å². The first-order chi connectivity index (χ1) is 14.9. The fourth-order valence-electron chi connectivity index (χ4n) is 3.36. The number of aromatic nitrogens is 3. The third-order valence-electron chi connectivity index (χ3n) is 5.10. The van der Waals surface area contributed by atoms with E-state index in [0.717, 1.165) is 10.9 Å². The number of nitrogens with zero attached hydrogens (tertiary/aromatic N) is 4. The van der Waals surface area contributed by atoms with Gasteiger partial charge in [-0.15, -0.1) is 11.3 Å². The number of carbonyl (C=O) groups is 2. The molecule has 4 heterocycles. The largest absolute Gasteiger partial charge is 0.348 e. The van der Waals surface area contributed by atoms with Gasteiger partial charge in [0.2, 0.25) is 5.95 Å². The van der Waals surface area contributed by atoms with Crippen LogP contribution in [0.25, 0.3) is 10.2 Å². The number of likely N-dealkylation sites (tertiary alicyclic amines) is 1. The molecular weight excluding hydrogens is 421 g/mol. The topological polar surface area (TPSA) is 112 Å². The maximum Gasteiger partial charge on any atom is 0.314 e. The van der Waals surface area contributed by atoms with Gasteiger partial charge < -0.3 is 20.9 Å². The van der Waals surface area contributed by atoms with Crippen LogP contribution in [-0.2, 0) is 0 Å². The van der Waals surface area contributed by atoms with Crippen molar-refractivity contribution < 1.29 is 14.0 Å². The number of carbonyl (C=O) groups excluding carboxylic acids is 2. The molecule has 3 amide bonds. The highest BCUT2D eigenvalue weighted by atomic mass is 32.1. The van der Waals surface area contributed by atoms with Gasteiger partial charge in [-0.1, -0.05) is 0 Å². The van der Waals surface area contributed by atoms with Gasteiger partial charge in [-0.05, 0) is 30.0 Å². The molecule has 0 aromatic carbocycles. The molecule has 11 heteroatoms. The lowest BCUT2D eigenvalue weighted by atomic mass is 9.99. The standard InChI is InChI=1S/C20H22FN7O2S/c1-11(13-5-14(21)8-23-7-13)25-19-26-15-3-4-31-17(15)16(27-19)18(29)28-9-12(10-28)6-24-20(30)22-2/h3-5,7-8,11-12H,6,9-10H2,1-2H3,(H2,22,24,30)(H,25,26,27). The number of anilines is 1. The molecule has 1 unspecified atom stereocenters. The van der Waals surface area contributed by atoms with Crippen molar-refractivity contribution in [2.45, 2.75) is 13.0 Å². The Morgan fingerprint density at radius 1 is 1.32 bits per heavy atom. The minimum Gasteiger partial charge on any atom is -0.348 e. The fraction of sp³-hybridized carbons (Fsp3) is 0.350. The smallest absolute Gasteiger partial charge is 0.314 e. The Labute approximate surface area is 182 Å². The van der Waals surface area contributed by atoms with Crippen LogP contribution >= 0.6 is 11.3 Å². The number of halogens is 1. The van der Waals surface area contributed by atoms with Crippen molar-refractivity contribution in [1.82, 2.24) is 30.5 Å². The van der Waals surface area contributed by atoms with Crippen LogP contribution in [0.3, 0.4) is 0 Å². The molecule has 0 aliphatic carbocycles. The van der Waals surface area contributed by atoms with E-state index in [9.17, 15) is 14.0 Å². The molecule has 0 saturated carbocycles. The summed E-state index contributed by atoms with van der Waals surface area (Å²) in [5, 5.41) is 10.3. The van der Waals surface area contributed by atoms with Crippen molar-refractivity contribution in [1.29, 1.82) is 0 Å². The average molecular weight is 444 g/mol. The van der Waals surface area contributed by atoms with Gasteiger partial charge in [0.15, 0.2) is 5.69 Å². The van der Waals surface area contributed by atoms with Crippen LogP contribution in [0.4, 0.5) is 15.1 Å². The van der Waals surface area contributed by atoms with E-state index in [2.05, 4.69) is 30.9 Å². The summed E-state index contributed by atoms with van der Waals surface area (Å²) < 4.78 is 14.2. The lowest BCUT2D eigenvalue weighted by molar-refractivity contribution is 0.0502. The molecule has 0 spiro atoms. The Balaban J connectivity index is 1.49. The monoisotopic (exact) mass is 443 g/mol. The van der Waals surface area contributed by atoms with Crippen molar-refractivity contribution in [2.24, 2.45) is 5.92 Å². The summed E-state index contributed by atoms with van der Waals surface area (Å²) in [5.74, 6) is -0.0898. The summed E-state index contributed by atoms with van der Waals surface area (Å²) in [7, 11) is 1.56. The third-order valence-corrected chi connectivity index (χ3v) is 6.01. The Morgan fingerprint density at radius 2 is 2.13 bits per heavy atom. The molecule has 0 radical (unpaired) electrons. The SMILES string of the molecule is CNC(=O)NCC1CN(C(=O)c2nc(NC(C)c3cncc(F)c3)nc3ccsc23)C1. The minimum atomic E-state index is -0.422. The van der Waals surface area contributed by atoms with Crippen molar-refractivity contribution in [3.05, 3.63) is 47.0 Å². The Kier molecular flexibility index (Phi) is 5.94. The fourth-order valence-corrected chi connectivity index (χ4v) is 4.17. The summed E-state index contributed by atoms with van der Waals surface area (Å²) in [6.45, 7) is 3.45. The van der Waals surface area contributed by atoms with Gasteiger partial charge in [0.25, 0.3) is 5.91 Å². The molecular formula is C20H22FN7O2S. The van der Waals surface area contributed by atoms with Crippen LogP contribution < -0.4 is 16.0 Å². The van der Waals surface area contributed by atoms with Crippen LogP contribution in [0.2, 0.25) is 0 Å². The normalized spacial score (nSPS) is 14.7. The van der Waals surface area contributed by atoms with Crippen LogP contribution in [0.5, 0.6) is 0 Å². The van der Waals surface area contributed by atoms with Gasteiger partial charge in [0.1, 0.15) is 5.82 Å². The highest BCUT2D eigenvalue weighted by Crippen LogP contribution is 2.28. The maximum atomic E-state index is 13.5. The second-order valence-electron chi connectivity index (χ2n) is 7.37. The number of rotatable bonds is 6. The molecule has 0 bridgehead atoms. The third kappa shape index (κ3) is 4.55. The molecule has 1 saturated heterocycles. The van der Waals surface area contributed by atoms with Crippen LogP contribution in [0.15, 0.2) is 29.9 Å². The van der Waals surface area contributed by atoms with E-state index in [1.807, 2.05) is 18.4 Å². The first kappa shape index (κ1) is 20.9. The minimum absolute atomic E-state index is 0.172. The predicted molar refractivity (Wildman–Crippen MR) is 115 cm³/mol. The molecule has 3 N–H and O–H groups in total. The molecule has 1 aliphatic rings. The number of hydrogen-bond donors (Lipinski definition) is 3. The van der Waals surface area contributed by atoms with Crippen molar-refractivity contribution in [2.75, 3.05) is 32.0 Å². The zero-order valence-electron chi connectivity index (χ0n) is 17.1. The number of thiophene rings is 1. The van der Waals surface area contributed by atoms with Crippen LogP contribution in [-0.4, -0.2) is 58.5 Å². The zero-order chi connectivity index (χ0) is 22.0. The van der Waals surface area contributed by atoms with Crippen molar-refractivity contribution in [3.63, 3.8) is 0 Å². The molecule has 31 heavy (non-hydrogen) atoms. The van der Waals surface area contributed by atoms with E-state index in [1.165, 1.54) is 17.4 Å². The average Bonchev–Trinajstić information content (AvgIpc) is 3.20. The number of pyridine rings is 1. The Hall–Kier alpha value is -3.34. The molecule has 1 aliphatic heterocycles. The molecule has 162 valence electrons. The highest BCUT2D eigenvalue weighted by molar-refractivity contribution is 7.17. The van der Waals surface area contributed by atoms with E-state index in [-0.39, 0.29) is 23.9 Å². The maximum absolute atomic E-state index is 13.5. The lowest BCUT2D eigenvalue weighted by Gasteiger charge is -2.39. The first-order valence-corrected chi connectivity index (χ1v) is 10.7. The van der Waals surface area contributed by atoms with E-state index < -0.39 is 5.82 Å². The summed E-state index contributed by atoms with van der Waals surface area (Å²) in [6, 6.07) is 2.70. The second-order valence-corrected chi connectivity index (χ2v) is 8.29. The van der Waals surface area contributed by atoms with Crippen molar-refractivity contribution >= 4 is 39.4 Å². The summed E-state index contributed by atoms with van der Waals surface area (Å²) in [4.78, 5) is 38.9. The first-order valence-electron chi connectivity index (χ1n) is 9.81. The molecule has 1 fully saturated rings. The molecule has 1 atom stereocenters. The van der Waals surface area contributed by atoms with Gasteiger partial charge in [0, 0.05) is 38.8 Å². The Morgan fingerprint density at radius 3 is 2.87 bits per heavy atom. The number of urea groups is 1. The molecule has 9 nitrogen and oxygen atoms in total. The van der Waals surface area contributed by atoms with E-state index in [4.69, 9.17) is 0 Å². The van der Waals surface area contributed by atoms with Gasteiger partial charge in [-0.25, -0.2) is 19.2 Å². The predicted octanol–water partition coefficient (Wildman–Crippen LogP) is 2.40. The summed E-state index contributed by atoms with van der Waals surface area (Å²) in [5.41, 5.74) is 1.66. The molecule has 3 aromatic rings. The number of amides is 3. The lowest BCUT2D eigenvalue weighted by Crippen LogP contribution is -2.54. The highest BCUT2D eigenvalue weighted by Gasteiger charge is 2.33. The summed E-state index contributed by atoms with van der Waals surface area (Å²) >= 11 is 1.41. The summed E-state index contributed by atoms with van der Waals surface area (Å²) in [6.07, 6.45) is 2.72. The Bertz CT molecular complexity index is 1120. The van der Waals surface area contributed by atoms with Crippen LogP contribution in [0, 0.1) is 11.7 Å². The second kappa shape index (κ2) is 8.80. The van der Waals surface area contributed by atoms with Crippen molar-refractivity contribution in [3.8, 4) is 0 Å². The van der Waals surface area contributed by atoms with Gasteiger partial charge in [-0.2, -0.15) is 0 Å². The van der Waals surface area contributed by atoms with Gasteiger partial charge in [0.05, 0.1) is 22.5 Å². The molecule has 4 rings (SSSR count). The number of hydrogen-bond acceptors (Lipinski definition) is 7. The van der Waals surface area contributed by atoms with Gasteiger partial charge >= 0.3 is 6.03 Å². The quantitative estimate of drug-likeness (QED) is 0.539. The zero-order valence-corrected chi connectivity index (χ0v) is 17.9.